The summed E-state index contributed by atoms with van der Waals surface area (Å²) in [6, 6.07) is 12.2. The van der Waals surface area contributed by atoms with Crippen LogP contribution in [0.15, 0.2) is 60.3 Å². The van der Waals surface area contributed by atoms with Crippen LogP contribution in [0, 0.1) is 13.8 Å². The van der Waals surface area contributed by atoms with Crippen molar-refractivity contribution in [3.8, 4) is 0 Å². The van der Waals surface area contributed by atoms with E-state index in [0.29, 0.717) is 28.1 Å². The molecule has 0 aliphatic rings. The maximum atomic E-state index is 12.6. The molecule has 2 aromatic carbocycles. The van der Waals surface area contributed by atoms with Crippen molar-refractivity contribution >= 4 is 40.9 Å². The molecule has 9 heteroatoms. The van der Waals surface area contributed by atoms with Gasteiger partial charge >= 0.3 is 0 Å². The predicted molar refractivity (Wildman–Crippen MR) is 133 cm³/mol. The highest BCUT2D eigenvalue weighted by Gasteiger charge is 2.20. The van der Waals surface area contributed by atoms with Crippen molar-refractivity contribution in [3.05, 3.63) is 82.7 Å². The number of amides is 2. The van der Waals surface area contributed by atoms with E-state index in [1.54, 1.807) is 30.3 Å². The molecule has 0 fully saturated rings. The summed E-state index contributed by atoms with van der Waals surface area (Å²) >= 11 is 7.26. The van der Waals surface area contributed by atoms with E-state index < -0.39 is 6.04 Å². The normalized spacial score (nSPS) is 11.6. The van der Waals surface area contributed by atoms with E-state index in [4.69, 9.17) is 11.6 Å². The van der Waals surface area contributed by atoms with Crippen molar-refractivity contribution in [2.45, 2.75) is 38.5 Å². The van der Waals surface area contributed by atoms with Gasteiger partial charge in [-0.05, 0) is 50.6 Å². The van der Waals surface area contributed by atoms with Gasteiger partial charge in [0.25, 0.3) is 5.91 Å². The van der Waals surface area contributed by atoms with Gasteiger partial charge in [0, 0.05) is 22.8 Å². The van der Waals surface area contributed by atoms with Crippen LogP contribution in [0.5, 0.6) is 0 Å². The molecule has 33 heavy (non-hydrogen) atoms. The molecule has 2 amide bonds. The second kappa shape index (κ2) is 11.2. The first-order chi connectivity index (χ1) is 15.8. The van der Waals surface area contributed by atoms with E-state index in [-0.39, 0.29) is 17.6 Å². The third-order valence-electron chi connectivity index (χ3n) is 4.87. The van der Waals surface area contributed by atoms with Gasteiger partial charge in [-0.2, -0.15) is 0 Å². The summed E-state index contributed by atoms with van der Waals surface area (Å²) in [6.45, 7) is 10.0. The molecule has 0 aliphatic carbocycles. The van der Waals surface area contributed by atoms with Crippen molar-refractivity contribution in [1.82, 2.24) is 20.1 Å². The van der Waals surface area contributed by atoms with Crippen LogP contribution in [0.25, 0.3) is 0 Å². The fraction of sp³-hybridized carbons (Fsp3) is 0.250. The highest BCUT2D eigenvalue weighted by Crippen LogP contribution is 2.22. The Labute approximate surface area is 202 Å². The molecule has 1 aromatic heterocycles. The Morgan fingerprint density at radius 1 is 1.21 bits per heavy atom. The molecule has 3 rings (SSSR count). The number of aromatic nitrogens is 3. The van der Waals surface area contributed by atoms with Crippen LogP contribution in [-0.4, -0.2) is 32.3 Å². The number of benzene rings is 2. The Hall–Kier alpha value is -3.10. The number of carbonyl (C=O) groups excluding carboxylic acids is 2. The molecule has 0 saturated carbocycles. The smallest absolute Gasteiger partial charge is 0.251 e. The Morgan fingerprint density at radius 3 is 2.70 bits per heavy atom. The van der Waals surface area contributed by atoms with Crippen LogP contribution in [0.1, 0.15) is 40.3 Å². The lowest BCUT2D eigenvalue weighted by Crippen LogP contribution is -2.28. The van der Waals surface area contributed by atoms with Gasteiger partial charge in [-0.1, -0.05) is 53.2 Å². The predicted octanol–water partition coefficient (Wildman–Crippen LogP) is 4.96. The summed E-state index contributed by atoms with van der Waals surface area (Å²) in [6.07, 6.45) is 1.72. The largest absolute Gasteiger partial charge is 0.342 e. The van der Waals surface area contributed by atoms with Crippen molar-refractivity contribution in [2.24, 2.45) is 0 Å². The number of aryl methyl sites for hydroxylation is 2. The molecular weight excluding hydrogens is 458 g/mol. The van der Waals surface area contributed by atoms with Crippen LogP contribution >= 0.6 is 23.4 Å². The van der Waals surface area contributed by atoms with E-state index in [0.717, 1.165) is 16.8 Å². The van der Waals surface area contributed by atoms with Crippen LogP contribution in [0.4, 0.5) is 5.69 Å². The number of hydrogen-bond acceptors (Lipinski definition) is 5. The SMILES string of the molecule is C=CCn1c(SCC(=O)Nc2ccc(C)cc2C)nnc1C(C)NC(=O)c1cccc(Cl)c1. The lowest BCUT2D eigenvalue weighted by molar-refractivity contribution is -0.113. The van der Waals surface area contributed by atoms with E-state index in [1.807, 2.05) is 43.5 Å². The molecule has 0 saturated heterocycles. The lowest BCUT2D eigenvalue weighted by Gasteiger charge is -2.15. The molecule has 1 atom stereocenters. The summed E-state index contributed by atoms with van der Waals surface area (Å²) in [5, 5.41) is 15.4. The van der Waals surface area contributed by atoms with Crippen LogP contribution in [0.2, 0.25) is 5.02 Å². The Kier molecular flexibility index (Phi) is 8.30. The number of thioether (sulfide) groups is 1. The monoisotopic (exact) mass is 483 g/mol. The standard InChI is InChI=1S/C24H26ClN5O2S/c1-5-11-30-22(17(4)26-23(32)18-7-6-8-19(25)13-18)28-29-24(30)33-14-21(31)27-20-10-9-15(2)12-16(20)3/h5-10,12-13,17H,1,11,14H2,2-4H3,(H,26,32)(H,27,31). The van der Waals surface area contributed by atoms with Gasteiger partial charge in [0.1, 0.15) is 0 Å². The lowest BCUT2D eigenvalue weighted by atomic mass is 10.1. The summed E-state index contributed by atoms with van der Waals surface area (Å²) in [5.74, 6) is 0.345. The second-order valence-corrected chi connectivity index (χ2v) is 8.98. The Morgan fingerprint density at radius 2 is 2.00 bits per heavy atom. The third kappa shape index (κ3) is 6.46. The van der Waals surface area contributed by atoms with Crippen LogP contribution in [0.3, 0.4) is 0 Å². The molecular formula is C24H26ClN5O2S. The first kappa shape index (κ1) is 24.5. The van der Waals surface area contributed by atoms with Crippen molar-refractivity contribution in [3.63, 3.8) is 0 Å². The number of halogens is 1. The summed E-state index contributed by atoms with van der Waals surface area (Å²) in [7, 11) is 0. The van der Waals surface area contributed by atoms with Crippen LogP contribution in [-0.2, 0) is 11.3 Å². The minimum atomic E-state index is -0.415. The van der Waals surface area contributed by atoms with Gasteiger partial charge in [-0.25, -0.2) is 0 Å². The van der Waals surface area contributed by atoms with E-state index in [1.165, 1.54) is 11.8 Å². The van der Waals surface area contributed by atoms with Gasteiger partial charge in [0.2, 0.25) is 5.91 Å². The Bertz CT molecular complexity index is 1180. The minimum Gasteiger partial charge on any atom is -0.342 e. The second-order valence-electron chi connectivity index (χ2n) is 7.60. The van der Waals surface area contributed by atoms with Gasteiger partial charge in [0.05, 0.1) is 11.8 Å². The molecule has 0 radical (unpaired) electrons. The number of hydrogen-bond donors (Lipinski definition) is 2. The topological polar surface area (TPSA) is 88.9 Å². The number of carbonyl (C=O) groups is 2. The molecule has 172 valence electrons. The van der Waals surface area contributed by atoms with Gasteiger partial charge in [-0.3, -0.25) is 9.59 Å². The van der Waals surface area contributed by atoms with E-state index in [9.17, 15) is 9.59 Å². The number of allylic oxidation sites excluding steroid dienone is 1. The first-order valence-electron chi connectivity index (χ1n) is 10.4. The van der Waals surface area contributed by atoms with Crippen molar-refractivity contribution in [2.75, 3.05) is 11.1 Å². The minimum absolute atomic E-state index is 0.135. The molecule has 1 heterocycles. The zero-order valence-corrected chi connectivity index (χ0v) is 20.3. The summed E-state index contributed by atoms with van der Waals surface area (Å²) < 4.78 is 1.84. The molecule has 0 bridgehead atoms. The summed E-state index contributed by atoms with van der Waals surface area (Å²) in [5.41, 5.74) is 3.40. The average Bonchev–Trinajstić information content (AvgIpc) is 3.17. The molecule has 1 unspecified atom stereocenters. The highest BCUT2D eigenvalue weighted by molar-refractivity contribution is 7.99. The first-order valence-corrected chi connectivity index (χ1v) is 11.7. The van der Waals surface area contributed by atoms with Crippen LogP contribution < -0.4 is 10.6 Å². The van der Waals surface area contributed by atoms with Crippen molar-refractivity contribution < 1.29 is 9.59 Å². The molecule has 7 nitrogen and oxygen atoms in total. The number of nitrogens with zero attached hydrogens (tertiary/aromatic N) is 3. The third-order valence-corrected chi connectivity index (χ3v) is 6.07. The fourth-order valence-corrected chi connectivity index (χ4v) is 4.22. The molecule has 0 aliphatic heterocycles. The quantitative estimate of drug-likeness (QED) is 0.332. The average molecular weight is 484 g/mol. The molecule has 3 aromatic rings. The zero-order valence-electron chi connectivity index (χ0n) is 18.8. The maximum Gasteiger partial charge on any atom is 0.251 e. The maximum absolute atomic E-state index is 12.6. The number of rotatable bonds is 9. The zero-order chi connectivity index (χ0) is 24.0. The summed E-state index contributed by atoms with van der Waals surface area (Å²) in [4.78, 5) is 25.1. The highest BCUT2D eigenvalue weighted by atomic mass is 35.5. The fourth-order valence-electron chi connectivity index (χ4n) is 3.27. The number of nitrogens with one attached hydrogen (secondary N) is 2. The Balaban J connectivity index is 1.67. The van der Waals surface area contributed by atoms with Gasteiger partial charge in [0.15, 0.2) is 11.0 Å². The van der Waals surface area contributed by atoms with Gasteiger partial charge < -0.3 is 15.2 Å². The molecule has 0 spiro atoms. The molecule has 2 N–H and O–H groups in total. The van der Waals surface area contributed by atoms with Crippen molar-refractivity contribution in [1.29, 1.82) is 0 Å². The van der Waals surface area contributed by atoms with E-state index in [2.05, 4.69) is 27.4 Å². The van der Waals surface area contributed by atoms with E-state index >= 15 is 0 Å². The number of anilines is 1. The van der Waals surface area contributed by atoms with Gasteiger partial charge in [-0.15, -0.1) is 16.8 Å².